The normalized spacial score (nSPS) is 11.9. The molecule has 8 nitrogen and oxygen atoms in total. The third-order valence-electron chi connectivity index (χ3n) is 11.1. The van der Waals surface area contributed by atoms with Crippen LogP contribution in [0.4, 0.5) is 0 Å². The minimum Gasteiger partial charge on any atom is -0.309 e. The number of rotatable bonds is 5. The van der Waals surface area contributed by atoms with Crippen LogP contribution < -0.4 is 0 Å². The van der Waals surface area contributed by atoms with E-state index in [9.17, 15) is 0 Å². The minimum absolute atomic E-state index is 0.543. The molecule has 0 aliphatic heterocycles. The maximum absolute atomic E-state index is 5.45. The van der Waals surface area contributed by atoms with Crippen molar-refractivity contribution in [2.24, 2.45) is 0 Å². The standard InChI is InChI=1S/C49H30N8/c1-2-12-31(13-3-1)47-52-48(54-49(53-47)57-42-20-10-4-14-33(42)34-15-5-11-21-43(34)57)37-28-32(55-40-18-8-6-16-35(40)38-29-50-26-24-45(38)55)22-23-44(37)56-41-19-9-7-17-36(41)39-30-51-27-25-46(39)56/h1-30H. The number of fused-ring (bicyclic) bond motifs is 9. The van der Waals surface area contributed by atoms with Gasteiger partial charge in [0.1, 0.15) is 0 Å². The lowest BCUT2D eigenvalue weighted by Gasteiger charge is -2.17. The van der Waals surface area contributed by atoms with E-state index >= 15 is 0 Å². The van der Waals surface area contributed by atoms with E-state index in [-0.39, 0.29) is 0 Å². The van der Waals surface area contributed by atoms with E-state index in [1.165, 1.54) is 0 Å². The molecule has 0 aliphatic carbocycles. The van der Waals surface area contributed by atoms with E-state index in [2.05, 4.69) is 163 Å². The smallest absolute Gasteiger partial charge is 0.238 e. The van der Waals surface area contributed by atoms with Gasteiger partial charge in [-0.15, -0.1) is 0 Å². The highest BCUT2D eigenvalue weighted by molar-refractivity contribution is 6.11. The fourth-order valence-corrected chi connectivity index (χ4v) is 8.65. The molecule has 12 aromatic rings. The lowest BCUT2D eigenvalue weighted by molar-refractivity contribution is 0.951. The van der Waals surface area contributed by atoms with Crippen molar-refractivity contribution in [2.45, 2.75) is 0 Å². The third kappa shape index (κ3) is 4.71. The summed E-state index contributed by atoms with van der Waals surface area (Å²) in [5.74, 6) is 1.69. The summed E-state index contributed by atoms with van der Waals surface area (Å²) in [5, 5.41) is 6.70. The molecule has 0 bridgehead atoms. The summed E-state index contributed by atoms with van der Waals surface area (Å²) in [6.45, 7) is 0. The number of hydrogen-bond donors (Lipinski definition) is 0. The lowest BCUT2D eigenvalue weighted by Crippen LogP contribution is -2.08. The molecule has 0 saturated carbocycles. The maximum Gasteiger partial charge on any atom is 0.238 e. The van der Waals surface area contributed by atoms with Gasteiger partial charge in [-0.3, -0.25) is 14.5 Å². The first-order valence-electron chi connectivity index (χ1n) is 18.9. The van der Waals surface area contributed by atoms with Gasteiger partial charge in [-0.05, 0) is 54.6 Å². The van der Waals surface area contributed by atoms with Crippen LogP contribution in [0.2, 0.25) is 0 Å². The van der Waals surface area contributed by atoms with Crippen LogP contribution in [-0.4, -0.2) is 38.6 Å². The molecule has 266 valence electrons. The molecule has 0 atom stereocenters. The largest absolute Gasteiger partial charge is 0.309 e. The quantitative estimate of drug-likeness (QED) is 0.176. The molecule has 0 unspecified atom stereocenters. The van der Waals surface area contributed by atoms with Crippen molar-refractivity contribution in [3.8, 4) is 40.1 Å². The number of nitrogens with zero attached hydrogens (tertiary/aromatic N) is 8. The Bertz CT molecular complexity index is 3380. The first kappa shape index (κ1) is 31.4. The number of pyridine rings is 2. The van der Waals surface area contributed by atoms with E-state index in [0.29, 0.717) is 17.6 Å². The van der Waals surface area contributed by atoms with Crippen LogP contribution in [0.3, 0.4) is 0 Å². The van der Waals surface area contributed by atoms with Crippen LogP contribution in [-0.2, 0) is 0 Å². The molecular weight excluding hydrogens is 701 g/mol. The van der Waals surface area contributed by atoms with Gasteiger partial charge in [-0.25, -0.2) is 4.98 Å². The van der Waals surface area contributed by atoms with Gasteiger partial charge in [0.15, 0.2) is 11.6 Å². The second kappa shape index (κ2) is 12.3. The maximum atomic E-state index is 5.45. The van der Waals surface area contributed by atoms with Crippen molar-refractivity contribution in [2.75, 3.05) is 0 Å². The Kier molecular flexibility index (Phi) is 6.76. The first-order chi connectivity index (χ1) is 28.3. The van der Waals surface area contributed by atoms with Crippen molar-refractivity contribution < 1.29 is 0 Å². The average molecular weight is 731 g/mol. The highest BCUT2D eigenvalue weighted by Gasteiger charge is 2.23. The predicted molar refractivity (Wildman–Crippen MR) is 229 cm³/mol. The summed E-state index contributed by atoms with van der Waals surface area (Å²) in [6.07, 6.45) is 7.61. The second-order valence-corrected chi connectivity index (χ2v) is 14.2. The predicted octanol–water partition coefficient (Wildman–Crippen LogP) is 11.3. The zero-order valence-corrected chi connectivity index (χ0v) is 30.4. The van der Waals surface area contributed by atoms with Crippen molar-refractivity contribution >= 4 is 65.4 Å². The van der Waals surface area contributed by atoms with Crippen molar-refractivity contribution in [3.63, 3.8) is 0 Å². The summed E-state index contributed by atoms with van der Waals surface area (Å²) in [4.78, 5) is 25.1. The Morgan fingerprint density at radius 1 is 0.351 bits per heavy atom. The zero-order valence-electron chi connectivity index (χ0n) is 30.4. The van der Waals surface area contributed by atoms with Crippen LogP contribution >= 0.6 is 0 Å². The van der Waals surface area contributed by atoms with Gasteiger partial charge < -0.3 is 9.13 Å². The van der Waals surface area contributed by atoms with Crippen LogP contribution in [0.1, 0.15) is 0 Å². The highest BCUT2D eigenvalue weighted by Crippen LogP contribution is 2.39. The SMILES string of the molecule is c1ccc(-c2nc(-c3cc(-n4c5ccccc5c5cnccc54)ccc3-n3c4ccccc4c4cnccc43)nc(-n3c4ccccc4c4ccccc43)n2)cc1. The summed E-state index contributed by atoms with van der Waals surface area (Å²) in [6, 6.07) is 54.8. The topological polar surface area (TPSA) is 79.2 Å². The van der Waals surface area contributed by atoms with Gasteiger partial charge >= 0.3 is 0 Å². The minimum atomic E-state index is 0.543. The number of benzene rings is 6. The number of aromatic nitrogens is 8. The molecule has 57 heavy (non-hydrogen) atoms. The Hall–Kier alpha value is -7.97. The van der Waals surface area contributed by atoms with Crippen LogP contribution in [0.25, 0.3) is 106 Å². The Morgan fingerprint density at radius 3 is 1.44 bits per heavy atom. The molecule has 12 rings (SSSR count). The molecule has 0 radical (unpaired) electrons. The number of para-hydroxylation sites is 4. The van der Waals surface area contributed by atoms with Crippen molar-refractivity contribution in [1.29, 1.82) is 0 Å². The van der Waals surface area contributed by atoms with E-state index < -0.39 is 0 Å². The Labute approximate surface area is 325 Å². The summed E-state index contributed by atoms with van der Waals surface area (Å²) < 4.78 is 6.79. The van der Waals surface area contributed by atoms with Crippen molar-refractivity contribution in [1.82, 2.24) is 38.6 Å². The highest BCUT2D eigenvalue weighted by atomic mass is 15.2. The lowest BCUT2D eigenvalue weighted by atomic mass is 10.1. The van der Waals surface area contributed by atoms with Gasteiger partial charge in [0, 0.05) is 73.9 Å². The Morgan fingerprint density at radius 2 is 0.825 bits per heavy atom. The molecule has 0 saturated heterocycles. The average Bonchev–Trinajstić information content (AvgIpc) is 3.92. The van der Waals surface area contributed by atoms with Crippen LogP contribution in [0, 0.1) is 0 Å². The molecule has 6 aromatic heterocycles. The molecule has 0 fully saturated rings. The van der Waals surface area contributed by atoms with Gasteiger partial charge in [0.2, 0.25) is 5.95 Å². The molecule has 8 heteroatoms. The third-order valence-corrected chi connectivity index (χ3v) is 11.1. The van der Waals surface area contributed by atoms with Gasteiger partial charge in [-0.2, -0.15) is 9.97 Å². The fourth-order valence-electron chi connectivity index (χ4n) is 8.65. The van der Waals surface area contributed by atoms with Crippen LogP contribution in [0.15, 0.2) is 183 Å². The van der Waals surface area contributed by atoms with Gasteiger partial charge in [0.05, 0.1) is 38.8 Å². The molecule has 0 N–H and O–H groups in total. The van der Waals surface area contributed by atoms with E-state index in [1.54, 1.807) is 0 Å². The molecule has 6 aromatic carbocycles. The van der Waals surface area contributed by atoms with E-state index in [4.69, 9.17) is 15.0 Å². The van der Waals surface area contributed by atoms with E-state index in [0.717, 1.165) is 87.9 Å². The van der Waals surface area contributed by atoms with Crippen LogP contribution in [0.5, 0.6) is 0 Å². The first-order valence-corrected chi connectivity index (χ1v) is 18.9. The van der Waals surface area contributed by atoms with E-state index in [1.807, 2.05) is 43.0 Å². The van der Waals surface area contributed by atoms with Gasteiger partial charge in [0.25, 0.3) is 0 Å². The Balaban J connectivity index is 1.22. The summed E-state index contributed by atoms with van der Waals surface area (Å²) in [5.41, 5.74) is 10.0. The number of hydrogen-bond acceptors (Lipinski definition) is 5. The summed E-state index contributed by atoms with van der Waals surface area (Å²) in [7, 11) is 0. The molecule has 0 aliphatic rings. The fraction of sp³-hybridized carbons (Fsp3) is 0. The monoisotopic (exact) mass is 730 g/mol. The second-order valence-electron chi connectivity index (χ2n) is 14.2. The zero-order chi connectivity index (χ0) is 37.5. The van der Waals surface area contributed by atoms with Crippen molar-refractivity contribution in [3.05, 3.63) is 183 Å². The molecule has 6 heterocycles. The van der Waals surface area contributed by atoms with Gasteiger partial charge in [-0.1, -0.05) is 103 Å². The summed E-state index contributed by atoms with van der Waals surface area (Å²) >= 11 is 0. The molecular formula is C49H30N8. The molecule has 0 amide bonds. The molecule has 0 spiro atoms.